The molecule has 7 heteroatoms. The Morgan fingerprint density at radius 2 is 1.12 bits per heavy atom. The van der Waals surface area contributed by atoms with Crippen molar-refractivity contribution in [1.29, 1.82) is 0 Å². The van der Waals surface area contributed by atoms with Crippen LogP contribution in [0.1, 0.15) is 70.1 Å². The van der Waals surface area contributed by atoms with Gasteiger partial charge in [-0.1, -0.05) is 41.5 Å². The predicted molar refractivity (Wildman–Crippen MR) is 103 cm³/mol. The van der Waals surface area contributed by atoms with Gasteiger partial charge in [-0.25, -0.2) is 9.97 Å². The maximum atomic E-state index is 11.4. The average molecular weight is 362 g/mol. The van der Waals surface area contributed by atoms with Crippen molar-refractivity contribution in [2.45, 2.75) is 73.1 Å². The van der Waals surface area contributed by atoms with E-state index in [1.807, 2.05) is 27.7 Å². The molecule has 2 rings (SSSR count). The number of hydrogen-bond acceptors (Lipinski definition) is 5. The highest BCUT2D eigenvalue weighted by molar-refractivity contribution is 5.29. The van der Waals surface area contributed by atoms with Crippen LogP contribution in [0.25, 0.3) is 0 Å². The van der Waals surface area contributed by atoms with Crippen molar-refractivity contribution >= 4 is 0 Å². The Balaban J connectivity index is 0.000000260. The number of aryl methyl sites for hydroxylation is 2. The molecule has 144 valence electrons. The summed E-state index contributed by atoms with van der Waals surface area (Å²) in [5.41, 5.74) is 1.15. The van der Waals surface area contributed by atoms with E-state index in [-0.39, 0.29) is 22.1 Å². The van der Waals surface area contributed by atoms with Crippen LogP contribution in [0, 0.1) is 20.8 Å². The third-order valence-corrected chi connectivity index (χ3v) is 3.70. The molecular formula is C19H30N4O3. The molecule has 3 N–H and O–H groups in total. The summed E-state index contributed by atoms with van der Waals surface area (Å²) < 4.78 is 0. The summed E-state index contributed by atoms with van der Waals surface area (Å²) in [5.74, 6) is 0.923. The van der Waals surface area contributed by atoms with Crippen LogP contribution in [0.4, 0.5) is 0 Å². The molecule has 0 spiro atoms. The van der Waals surface area contributed by atoms with Gasteiger partial charge in [-0.2, -0.15) is 0 Å². The molecule has 0 aliphatic heterocycles. The first-order valence-electron chi connectivity index (χ1n) is 8.53. The van der Waals surface area contributed by atoms with Gasteiger partial charge in [0.15, 0.2) is 0 Å². The first-order chi connectivity index (χ1) is 11.6. The Kier molecular flexibility index (Phi) is 6.18. The van der Waals surface area contributed by atoms with Gasteiger partial charge in [-0.15, -0.1) is 0 Å². The molecule has 0 unspecified atom stereocenters. The summed E-state index contributed by atoms with van der Waals surface area (Å²) in [7, 11) is 0. The van der Waals surface area contributed by atoms with E-state index in [0.717, 1.165) is 11.3 Å². The highest BCUT2D eigenvalue weighted by Crippen LogP contribution is 2.25. The fraction of sp³-hybridized carbons (Fsp3) is 0.579. The smallest absolute Gasteiger partial charge is 0.293 e. The van der Waals surface area contributed by atoms with E-state index < -0.39 is 5.56 Å². The van der Waals surface area contributed by atoms with Crippen molar-refractivity contribution in [2.24, 2.45) is 0 Å². The molecule has 0 bridgehead atoms. The lowest BCUT2D eigenvalue weighted by Crippen LogP contribution is -2.24. The molecule has 0 radical (unpaired) electrons. The average Bonchev–Trinajstić information content (AvgIpc) is 2.45. The van der Waals surface area contributed by atoms with Gasteiger partial charge >= 0.3 is 0 Å². The van der Waals surface area contributed by atoms with Crippen molar-refractivity contribution in [3.8, 4) is 5.75 Å². The number of aromatic nitrogens is 4. The normalized spacial score (nSPS) is 11.7. The zero-order valence-corrected chi connectivity index (χ0v) is 17.2. The maximum absolute atomic E-state index is 11.4. The predicted octanol–water partition coefficient (Wildman–Crippen LogP) is 2.77. The minimum atomic E-state index is -0.475. The molecule has 0 atom stereocenters. The van der Waals surface area contributed by atoms with Gasteiger partial charge in [0.05, 0.1) is 11.4 Å². The highest BCUT2D eigenvalue weighted by atomic mass is 16.3. The number of aromatic amines is 2. The second-order valence-corrected chi connectivity index (χ2v) is 8.47. The SMILES string of the molecule is Cc1nc(C(C)(C)C)c(C)c(=O)[nH]1.Cc1nc(C(C)(C)C)c(O)c(=O)[nH]1. The Morgan fingerprint density at radius 3 is 1.54 bits per heavy atom. The van der Waals surface area contributed by atoms with Crippen LogP contribution in [-0.4, -0.2) is 25.0 Å². The molecule has 0 fully saturated rings. The van der Waals surface area contributed by atoms with Gasteiger partial charge in [0.2, 0.25) is 5.75 Å². The van der Waals surface area contributed by atoms with E-state index >= 15 is 0 Å². The van der Waals surface area contributed by atoms with Crippen LogP contribution in [0.2, 0.25) is 0 Å². The summed E-state index contributed by atoms with van der Waals surface area (Å²) in [6, 6.07) is 0. The molecule has 7 nitrogen and oxygen atoms in total. The van der Waals surface area contributed by atoms with Crippen molar-refractivity contribution in [1.82, 2.24) is 19.9 Å². The van der Waals surface area contributed by atoms with Crippen LogP contribution in [-0.2, 0) is 10.8 Å². The zero-order chi connectivity index (χ0) is 20.4. The molecule has 2 aromatic heterocycles. The molecule has 0 aromatic carbocycles. The van der Waals surface area contributed by atoms with E-state index in [4.69, 9.17) is 0 Å². The van der Waals surface area contributed by atoms with E-state index in [9.17, 15) is 14.7 Å². The summed E-state index contributed by atoms with van der Waals surface area (Å²) in [6.07, 6.45) is 0. The summed E-state index contributed by atoms with van der Waals surface area (Å²) >= 11 is 0. The van der Waals surface area contributed by atoms with Crippen molar-refractivity contribution in [3.63, 3.8) is 0 Å². The minimum Gasteiger partial charge on any atom is -0.502 e. The summed E-state index contributed by atoms with van der Waals surface area (Å²) in [6.45, 7) is 17.2. The Bertz CT molecular complexity index is 821. The van der Waals surface area contributed by atoms with Crippen LogP contribution in [0.5, 0.6) is 5.75 Å². The van der Waals surface area contributed by atoms with Crippen LogP contribution >= 0.6 is 0 Å². The van der Waals surface area contributed by atoms with Crippen molar-refractivity contribution in [2.75, 3.05) is 0 Å². The third-order valence-electron chi connectivity index (χ3n) is 3.70. The standard InChI is InChI=1S/C10H16N2O.C9H14N2O2/c1-6-8(10(3,4)5)11-7(2)12-9(6)13;1-5-10-7(9(2,3)4)6(12)8(13)11-5/h1-5H3,(H,11,12,13);12H,1-4H3,(H,10,11,13). The van der Waals surface area contributed by atoms with Crippen molar-refractivity contribution < 1.29 is 5.11 Å². The second kappa shape index (κ2) is 7.43. The zero-order valence-electron chi connectivity index (χ0n) is 17.2. The molecule has 26 heavy (non-hydrogen) atoms. The number of H-pyrrole nitrogens is 2. The Labute approximate surface area is 154 Å². The molecule has 0 aliphatic rings. The molecular weight excluding hydrogens is 332 g/mol. The summed E-state index contributed by atoms with van der Waals surface area (Å²) in [5, 5.41) is 9.45. The van der Waals surface area contributed by atoms with E-state index in [2.05, 4.69) is 40.7 Å². The quantitative estimate of drug-likeness (QED) is 0.667. The van der Waals surface area contributed by atoms with Crippen LogP contribution < -0.4 is 11.1 Å². The van der Waals surface area contributed by atoms with Gasteiger partial charge in [0.1, 0.15) is 11.6 Å². The van der Waals surface area contributed by atoms with Gasteiger partial charge < -0.3 is 15.1 Å². The lowest BCUT2D eigenvalue weighted by atomic mass is 9.89. The van der Waals surface area contributed by atoms with Gasteiger partial charge in [0.25, 0.3) is 11.1 Å². The fourth-order valence-corrected chi connectivity index (χ4v) is 2.48. The van der Waals surface area contributed by atoms with E-state index in [1.165, 1.54) is 0 Å². The van der Waals surface area contributed by atoms with Crippen molar-refractivity contribution in [3.05, 3.63) is 49.3 Å². The highest BCUT2D eigenvalue weighted by Gasteiger charge is 2.22. The largest absolute Gasteiger partial charge is 0.502 e. The monoisotopic (exact) mass is 362 g/mol. The lowest BCUT2D eigenvalue weighted by molar-refractivity contribution is 0.427. The lowest BCUT2D eigenvalue weighted by Gasteiger charge is -2.19. The summed E-state index contributed by atoms with van der Waals surface area (Å²) in [4.78, 5) is 36.1. The number of nitrogens with zero attached hydrogens (tertiary/aromatic N) is 2. The maximum Gasteiger partial charge on any atom is 0.293 e. The first kappa shape index (κ1) is 21.6. The fourth-order valence-electron chi connectivity index (χ4n) is 2.48. The molecule has 0 saturated heterocycles. The van der Waals surface area contributed by atoms with Crippen LogP contribution in [0.15, 0.2) is 9.59 Å². The molecule has 0 saturated carbocycles. The molecule has 0 aliphatic carbocycles. The van der Waals surface area contributed by atoms with Gasteiger partial charge in [0, 0.05) is 16.4 Å². The number of hydrogen-bond donors (Lipinski definition) is 3. The Hall–Kier alpha value is -2.44. The van der Waals surface area contributed by atoms with Gasteiger partial charge in [-0.05, 0) is 20.8 Å². The van der Waals surface area contributed by atoms with E-state index in [0.29, 0.717) is 17.3 Å². The molecule has 2 aromatic rings. The molecule has 2 heterocycles. The first-order valence-corrected chi connectivity index (χ1v) is 8.53. The minimum absolute atomic E-state index is 0.0302. The third kappa shape index (κ3) is 5.28. The number of nitrogens with one attached hydrogen (secondary N) is 2. The topological polar surface area (TPSA) is 112 Å². The molecule has 0 amide bonds. The number of aromatic hydroxyl groups is 1. The van der Waals surface area contributed by atoms with E-state index in [1.54, 1.807) is 13.8 Å². The number of rotatable bonds is 0. The second-order valence-electron chi connectivity index (χ2n) is 8.47. The van der Waals surface area contributed by atoms with Crippen LogP contribution in [0.3, 0.4) is 0 Å². The van der Waals surface area contributed by atoms with Gasteiger partial charge in [-0.3, -0.25) is 9.59 Å². The Morgan fingerprint density at radius 1 is 0.731 bits per heavy atom.